The molecular formula is C59H113NO5. The molecule has 0 aromatic rings. The molecule has 0 heterocycles. The van der Waals surface area contributed by atoms with Gasteiger partial charge in [0.2, 0.25) is 5.91 Å². The van der Waals surface area contributed by atoms with Crippen molar-refractivity contribution in [1.82, 2.24) is 5.32 Å². The number of nitrogens with one attached hydrogen (secondary N) is 1. The van der Waals surface area contributed by atoms with Crippen molar-refractivity contribution >= 4 is 11.9 Å². The highest BCUT2D eigenvalue weighted by Gasteiger charge is 2.24. The quantitative estimate of drug-likeness (QED) is 0.0321. The number of hydrogen-bond donors (Lipinski definition) is 3. The van der Waals surface area contributed by atoms with Gasteiger partial charge in [0.25, 0.3) is 0 Å². The second-order valence-corrected chi connectivity index (χ2v) is 20.0. The van der Waals surface area contributed by atoms with Crippen molar-refractivity contribution < 1.29 is 24.5 Å². The van der Waals surface area contributed by atoms with E-state index in [0.717, 1.165) is 64.2 Å². The molecule has 0 bridgehead atoms. The number of aliphatic hydroxyl groups is 2. The lowest BCUT2D eigenvalue weighted by Gasteiger charge is -2.24. The van der Waals surface area contributed by atoms with Crippen LogP contribution < -0.4 is 5.32 Å². The Bertz CT molecular complexity index is 1030. The molecule has 3 unspecified atom stereocenters. The Morgan fingerprint density at radius 2 is 0.831 bits per heavy atom. The van der Waals surface area contributed by atoms with Gasteiger partial charge in [-0.3, -0.25) is 9.59 Å². The number of esters is 1. The Morgan fingerprint density at radius 1 is 0.462 bits per heavy atom. The Hall–Kier alpha value is -1.66. The van der Waals surface area contributed by atoms with Crippen molar-refractivity contribution in [2.45, 2.75) is 334 Å². The Balaban J connectivity index is 4.51. The highest BCUT2D eigenvalue weighted by Crippen LogP contribution is 2.19. The third-order valence-electron chi connectivity index (χ3n) is 13.5. The van der Waals surface area contributed by atoms with Gasteiger partial charge >= 0.3 is 5.97 Å². The SMILES string of the molecule is CC/C=C/C/C=C/CCCCCCCCCC(=O)OC(CCCCCCCCCCCCCCCCCCC)CC(=O)NC(CO)C(O)CCCCCCCCCCCCCCCCC. The van der Waals surface area contributed by atoms with Gasteiger partial charge in [-0.2, -0.15) is 0 Å². The van der Waals surface area contributed by atoms with Gasteiger partial charge in [0.15, 0.2) is 0 Å². The molecule has 65 heavy (non-hydrogen) atoms. The van der Waals surface area contributed by atoms with E-state index in [1.807, 2.05) is 0 Å². The van der Waals surface area contributed by atoms with E-state index in [1.165, 1.54) is 205 Å². The summed E-state index contributed by atoms with van der Waals surface area (Å²) < 4.78 is 5.96. The van der Waals surface area contributed by atoms with Crippen LogP contribution in [0.3, 0.4) is 0 Å². The van der Waals surface area contributed by atoms with Crippen LogP contribution in [0.5, 0.6) is 0 Å². The van der Waals surface area contributed by atoms with Crippen LogP contribution in [-0.2, 0) is 14.3 Å². The molecule has 0 rings (SSSR count). The molecule has 0 aliphatic carbocycles. The number of amides is 1. The lowest BCUT2D eigenvalue weighted by atomic mass is 10.0. The second-order valence-electron chi connectivity index (χ2n) is 20.0. The predicted octanol–water partition coefficient (Wildman–Crippen LogP) is 17.9. The van der Waals surface area contributed by atoms with Gasteiger partial charge in [-0.15, -0.1) is 0 Å². The fraction of sp³-hybridized carbons (Fsp3) is 0.898. The number of hydrogen-bond acceptors (Lipinski definition) is 5. The van der Waals surface area contributed by atoms with Gasteiger partial charge in [0, 0.05) is 6.42 Å². The number of allylic oxidation sites excluding steroid dienone is 4. The number of rotatable bonds is 53. The standard InChI is InChI=1S/C59H113NO5/c1-4-7-10-13-16-19-22-25-28-29-31-32-35-38-41-44-47-50-55(65-59(64)52-49-46-43-40-37-34-27-24-21-18-15-12-9-6-3)53-58(63)60-56(54-61)57(62)51-48-45-42-39-36-33-30-26-23-20-17-14-11-8-5-2/h9,12,18,21,55-57,61-62H,4-8,10-11,13-17,19-20,22-54H2,1-3H3,(H,60,63)/b12-9+,21-18+. The van der Waals surface area contributed by atoms with Crippen molar-refractivity contribution in [2.24, 2.45) is 0 Å². The first kappa shape index (κ1) is 63.3. The van der Waals surface area contributed by atoms with E-state index in [9.17, 15) is 19.8 Å². The Kier molecular flexibility index (Phi) is 51.9. The number of aliphatic hydroxyl groups excluding tert-OH is 2. The summed E-state index contributed by atoms with van der Waals surface area (Å²) in [5.74, 6) is -0.463. The first-order chi connectivity index (χ1) is 32.0. The number of carbonyl (C=O) groups is 2. The molecule has 6 heteroatoms. The van der Waals surface area contributed by atoms with Gasteiger partial charge in [-0.25, -0.2) is 0 Å². The zero-order valence-electron chi connectivity index (χ0n) is 43.9. The predicted molar refractivity (Wildman–Crippen MR) is 283 cm³/mol. The molecule has 384 valence electrons. The summed E-state index contributed by atoms with van der Waals surface area (Å²) in [5.41, 5.74) is 0. The van der Waals surface area contributed by atoms with E-state index in [0.29, 0.717) is 19.3 Å². The lowest BCUT2D eigenvalue weighted by Crippen LogP contribution is -2.46. The topological polar surface area (TPSA) is 95.9 Å². The molecule has 0 saturated heterocycles. The van der Waals surface area contributed by atoms with Gasteiger partial charge in [-0.1, -0.05) is 276 Å². The molecule has 3 atom stereocenters. The van der Waals surface area contributed by atoms with Crippen molar-refractivity contribution in [1.29, 1.82) is 0 Å². The van der Waals surface area contributed by atoms with Crippen LogP contribution in [0.4, 0.5) is 0 Å². The number of ether oxygens (including phenoxy) is 1. The summed E-state index contributed by atoms with van der Waals surface area (Å²) >= 11 is 0. The lowest BCUT2D eigenvalue weighted by molar-refractivity contribution is -0.151. The third kappa shape index (κ3) is 48.6. The van der Waals surface area contributed by atoms with Crippen LogP contribution in [0.15, 0.2) is 24.3 Å². The molecule has 0 fully saturated rings. The first-order valence-electron chi connectivity index (χ1n) is 29.1. The van der Waals surface area contributed by atoms with Crippen LogP contribution >= 0.6 is 0 Å². The molecule has 0 aromatic heterocycles. The molecule has 1 amide bonds. The van der Waals surface area contributed by atoms with E-state index in [1.54, 1.807) is 0 Å². The molecule has 0 aromatic carbocycles. The smallest absolute Gasteiger partial charge is 0.306 e. The van der Waals surface area contributed by atoms with Crippen LogP contribution in [0, 0.1) is 0 Å². The van der Waals surface area contributed by atoms with Gasteiger partial charge in [-0.05, 0) is 51.4 Å². The summed E-state index contributed by atoms with van der Waals surface area (Å²) in [7, 11) is 0. The van der Waals surface area contributed by atoms with Crippen molar-refractivity contribution in [3.8, 4) is 0 Å². The molecule has 3 N–H and O–H groups in total. The molecule has 0 saturated carbocycles. The monoisotopic (exact) mass is 916 g/mol. The molecule has 0 aliphatic rings. The normalized spacial score (nSPS) is 13.2. The molecule has 0 radical (unpaired) electrons. The summed E-state index contributed by atoms with van der Waals surface area (Å²) in [6.45, 7) is 6.42. The highest BCUT2D eigenvalue weighted by atomic mass is 16.5. The summed E-state index contributed by atoms with van der Waals surface area (Å²) in [6.07, 6.45) is 62.4. The van der Waals surface area contributed by atoms with Gasteiger partial charge < -0.3 is 20.3 Å². The summed E-state index contributed by atoms with van der Waals surface area (Å²) in [5, 5.41) is 23.9. The maximum Gasteiger partial charge on any atom is 0.306 e. The fourth-order valence-corrected chi connectivity index (χ4v) is 9.18. The minimum Gasteiger partial charge on any atom is -0.462 e. The maximum absolute atomic E-state index is 13.3. The van der Waals surface area contributed by atoms with Crippen molar-refractivity contribution in [3.05, 3.63) is 24.3 Å². The average molecular weight is 917 g/mol. The van der Waals surface area contributed by atoms with Gasteiger partial charge in [0.05, 0.1) is 25.2 Å². The van der Waals surface area contributed by atoms with E-state index in [2.05, 4.69) is 50.4 Å². The number of carbonyl (C=O) groups excluding carboxylic acids is 2. The van der Waals surface area contributed by atoms with Crippen LogP contribution in [0.1, 0.15) is 316 Å². The molecule has 0 aliphatic heterocycles. The largest absolute Gasteiger partial charge is 0.462 e. The number of unbranched alkanes of at least 4 members (excludes halogenated alkanes) is 37. The van der Waals surface area contributed by atoms with E-state index in [4.69, 9.17) is 4.74 Å². The molecule has 6 nitrogen and oxygen atoms in total. The Labute approximate surface area is 405 Å². The maximum atomic E-state index is 13.3. The van der Waals surface area contributed by atoms with E-state index in [-0.39, 0.29) is 24.9 Å². The second kappa shape index (κ2) is 53.3. The summed E-state index contributed by atoms with van der Waals surface area (Å²) in [4.78, 5) is 26.3. The Morgan fingerprint density at radius 3 is 1.25 bits per heavy atom. The zero-order valence-corrected chi connectivity index (χ0v) is 43.9. The van der Waals surface area contributed by atoms with Crippen molar-refractivity contribution in [2.75, 3.05) is 6.61 Å². The van der Waals surface area contributed by atoms with E-state index >= 15 is 0 Å². The first-order valence-corrected chi connectivity index (χ1v) is 29.1. The minimum absolute atomic E-state index is 0.0808. The van der Waals surface area contributed by atoms with Gasteiger partial charge in [0.1, 0.15) is 6.10 Å². The average Bonchev–Trinajstić information content (AvgIpc) is 3.30. The highest BCUT2D eigenvalue weighted by molar-refractivity contribution is 5.77. The molecule has 0 spiro atoms. The van der Waals surface area contributed by atoms with Crippen LogP contribution in [0.25, 0.3) is 0 Å². The van der Waals surface area contributed by atoms with Crippen LogP contribution in [-0.4, -0.2) is 46.9 Å². The molecular weight excluding hydrogens is 803 g/mol. The minimum atomic E-state index is -0.785. The van der Waals surface area contributed by atoms with Crippen molar-refractivity contribution in [3.63, 3.8) is 0 Å². The third-order valence-corrected chi connectivity index (χ3v) is 13.5. The summed E-state index contributed by atoms with van der Waals surface area (Å²) in [6, 6.07) is -0.699. The van der Waals surface area contributed by atoms with Crippen LogP contribution in [0.2, 0.25) is 0 Å². The fourth-order valence-electron chi connectivity index (χ4n) is 9.18. The zero-order chi connectivity index (χ0) is 47.4. The van der Waals surface area contributed by atoms with E-state index < -0.39 is 18.2 Å².